The van der Waals surface area contributed by atoms with Crippen LogP contribution in [0.1, 0.15) is 19.5 Å². The molecule has 4 heteroatoms. The number of aliphatic hydroxyl groups is 1. The average molecular weight is 234 g/mol. The SMILES string of the molecule is CC(C)C1(O)CN(C(=O)Cc2ccccn2)C1. The first-order chi connectivity index (χ1) is 8.01. The highest BCUT2D eigenvalue weighted by molar-refractivity contribution is 5.79. The number of likely N-dealkylation sites (tertiary alicyclic amines) is 1. The van der Waals surface area contributed by atoms with Crippen LogP contribution in [0, 0.1) is 5.92 Å². The van der Waals surface area contributed by atoms with Gasteiger partial charge in [0.15, 0.2) is 0 Å². The number of carbonyl (C=O) groups excluding carboxylic acids is 1. The predicted molar refractivity (Wildman–Crippen MR) is 64.3 cm³/mol. The predicted octanol–water partition coefficient (Wildman–Crippen LogP) is 0.853. The van der Waals surface area contributed by atoms with Crippen LogP contribution in [0.3, 0.4) is 0 Å². The lowest BCUT2D eigenvalue weighted by Crippen LogP contribution is -2.66. The van der Waals surface area contributed by atoms with E-state index < -0.39 is 5.60 Å². The maximum Gasteiger partial charge on any atom is 0.228 e. The van der Waals surface area contributed by atoms with E-state index in [4.69, 9.17) is 0 Å². The van der Waals surface area contributed by atoms with Crippen molar-refractivity contribution in [2.45, 2.75) is 25.9 Å². The average Bonchev–Trinajstić information content (AvgIpc) is 2.25. The molecule has 1 aromatic rings. The highest BCUT2D eigenvalue weighted by Crippen LogP contribution is 2.28. The molecule has 0 unspecified atom stereocenters. The van der Waals surface area contributed by atoms with Crippen molar-refractivity contribution in [1.82, 2.24) is 9.88 Å². The molecule has 1 aliphatic rings. The first-order valence-corrected chi connectivity index (χ1v) is 5.91. The Balaban J connectivity index is 1.88. The van der Waals surface area contributed by atoms with Crippen molar-refractivity contribution in [2.24, 2.45) is 5.92 Å². The fourth-order valence-corrected chi connectivity index (χ4v) is 1.93. The summed E-state index contributed by atoms with van der Waals surface area (Å²) in [6.07, 6.45) is 2.00. The molecular weight excluding hydrogens is 216 g/mol. The summed E-state index contributed by atoms with van der Waals surface area (Å²) in [5.74, 6) is 0.218. The summed E-state index contributed by atoms with van der Waals surface area (Å²) in [6.45, 7) is 4.83. The molecule has 1 aliphatic heterocycles. The van der Waals surface area contributed by atoms with Crippen molar-refractivity contribution >= 4 is 5.91 Å². The lowest BCUT2D eigenvalue weighted by Gasteiger charge is -2.49. The highest BCUT2D eigenvalue weighted by Gasteiger charge is 2.45. The molecule has 2 heterocycles. The Kier molecular flexibility index (Phi) is 3.15. The lowest BCUT2D eigenvalue weighted by atomic mass is 9.83. The zero-order chi connectivity index (χ0) is 12.5. The van der Waals surface area contributed by atoms with E-state index in [1.54, 1.807) is 11.1 Å². The molecule has 1 amide bonds. The molecule has 0 spiro atoms. The summed E-state index contributed by atoms with van der Waals surface area (Å²) in [5.41, 5.74) is 0.0808. The molecule has 2 rings (SSSR count). The fraction of sp³-hybridized carbons (Fsp3) is 0.538. The molecule has 0 bridgehead atoms. The second-order valence-electron chi connectivity index (χ2n) is 5.01. The normalized spacial score (nSPS) is 18.0. The van der Waals surface area contributed by atoms with Gasteiger partial charge in [0.2, 0.25) is 5.91 Å². The number of carbonyl (C=O) groups is 1. The third kappa shape index (κ3) is 2.47. The van der Waals surface area contributed by atoms with E-state index in [1.165, 1.54) is 0 Å². The Morgan fingerprint density at radius 2 is 2.24 bits per heavy atom. The Labute approximate surface area is 101 Å². The Hall–Kier alpha value is -1.42. The number of β-amino-alcohol motifs (C(OH)–C–C–N with tert-alkyl or cyclic N) is 1. The van der Waals surface area contributed by atoms with Gasteiger partial charge in [0.05, 0.1) is 19.5 Å². The summed E-state index contributed by atoms with van der Waals surface area (Å²) < 4.78 is 0. The molecule has 1 aromatic heterocycles. The van der Waals surface area contributed by atoms with Crippen molar-refractivity contribution in [3.63, 3.8) is 0 Å². The summed E-state index contributed by atoms with van der Waals surface area (Å²) in [4.78, 5) is 17.7. The number of hydrogen-bond acceptors (Lipinski definition) is 3. The molecular formula is C13H18N2O2. The van der Waals surface area contributed by atoms with Crippen LogP contribution in [0.25, 0.3) is 0 Å². The van der Waals surface area contributed by atoms with Crippen LogP contribution in [0.5, 0.6) is 0 Å². The molecule has 1 N–H and O–H groups in total. The first kappa shape index (κ1) is 12.0. The van der Waals surface area contributed by atoms with Crippen molar-refractivity contribution < 1.29 is 9.90 Å². The standard InChI is InChI=1S/C13H18N2O2/c1-10(2)13(17)8-15(9-13)12(16)7-11-5-3-4-6-14-11/h3-6,10,17H,7-9H2,1-2H3. The zero-order valence-corrected chi connectivity index (χ0v) is 10.3. The van der Waals surface area contributed by atoms with Crippen molar-refractivity contribution in [3.05, 3.63) is 30.1 Å². The second-order valence-corrected chi connectivity index (χ2v) is 5.01. The van der Waals surface area contributed by atoms with Gasteiger partial charge < -0.3 is 10.0 Å². The van der Waals surface area contributed by atoms with Gasteiger partial charge >= 0.3 is 0 Å². The van der Waals surface area contributed by atoms with Crippen LogP contribution in [0.4, 0.5) is 0 Å². The molecule has 0 aromatic carbocycles. The van der Waals surface area contributed by atoms with Crippen LogP contribution in [-0.4, -0.2) is 39.6 Å². The minimum Gasteiger partial charge on any atom is -0.386 e. The van der Waals surface area contributed by atoms with Crippen LogP contribution in [-0.2, 0) is 11.2 Å². The van der Waals surface area contributed by atoms with Crippen LogP contribution in [0.15, 0.2) is 24.4 Å². The van der Waals surface area contributed by atoms with E-state index in [9.17, 15) is 9.90 Å². The number of rotatable bonds is 3. The zero-order valence-electron chi connectivity index (χ0n) is 10.3. The third-order valence-corrected chi connectivity index (χ3v) is 3.42. The summed E-state index contributed by atoms with van der Waals surface area (Å²) >= 11 is 0. The van der Waals surface area contributed by atoms with Gasteiger partial charge in [-0.3, -0.25) is 9.78 Å². The smallest absolute Gasteiger partial charge is 0.228 e. The topological polar surface area (TPSA) is 53.4 Å². The van der Waals surface area contributed by atoms with Gasteiger partial charge in [-0.15, -0.1) is 0 Å². The molecule has 1 fully saturated rings. The molecule has 92 valence electrons. The monoisotopic (exact) mass is 234 g/mol. The van der Waals surface area contributed by atoms with Crippen LogP contribution in [0.2, 0.25) is 0 Å². The van der Waals surface area contributed by atoms with Crippen molar-refractivity contribution in [1.29, 1.82) is 0 Å². The van der Waals surface area contributed by atoms with E-state index in [2.05, 4.69) is 4.98 Å². The summed E-state index contributed by atoms with van der Waals surface area (Å²) in [5, 5.41) is 10.1. The number of nitrogens with zero attached hydrogens (tertiary/aromatic N) is 2. The number of pyridine rings is 1. The van der Waals surface area contributed by atoms with Crippen molar-refractivity contribution in [2.75, 3.05) is 13.1 Å². The van der Waals surface area contributed by atoms with E-state index >= 15 is 0 Å². The number of amides is 1. The second kappa shape index (κ2) is 4.45. The number of aromatic nitrogens is 1. The Morgan fingerprint density at radius 3 is 2.76 bits per heavy atom. The molecule has 0 aliphatic carbocycles. The first-order valence-electron chi connectivity index (χ1n) is 5.91. The van der Waals surface area contributed by atoms with Crippen LogP contribution < -0.4 is 0 Å². The van der Waals surface area contributed by atoms with Gasteiger partial charge in [-0.25, -0.2) is 0 Å². The molecule has 0 atom stereocenters. The molecule has 0 saturated carbocycles. The van der Waals surface area contributed by atoms with E-state index in [0.29, 0.717) is 19.5 Å². The van der Waals surface area contributed by atoms with Gasteiger partial charge in [0.1, 0.15) is 5.60 Å². The van der Waals surface area contributed by atoms with Crippen LogP contribution >= 0.6 is 0 Å². The van der Waals surface area contributed by atoms with Crippen molar-refractivity contribution in [3.8, 4) is 0 Å². The highest BCUT2D eigenvalue weighted by atomic mass is 16.3. The van der Waals surface area contributed by atoms with Gasteiger partial charge in [0.25, 0.3) is 0 Å². The lowest BCUT2D eigenvalue weighted by molar-refractivity contribution is -0.163. The van der Waals surface area contributed by atoms with E-state index in [1.807, 2.05) is 32.0 Å². The Morgan fingerprint density at radius 1 is 1.53 bits per heavy atom. The maximum atomic E-state index is 11.9. The molecule has 1 saturated heterocycles. The fourth-order valence-electron chi connectivity index (χ4n) is 1.93. The minimum absolute atomic E-state index is 0.0361. The quantitative estimate of drug-likeness (QED) is 0.843. The Bertz CT molecular complexity index is 397. The molecule has 0 radical (unpaired) electrons. The van der Waals surface area contributed by atoms with Gasteiger partial charge in [-0.05, 0) is 18.1 Å². The third-order valence-electron chi connectivity index (χ3n) is 3.42. The summed E-state index contributed by atoms with van der Waals surface area (Å²) in [6, 6.07) is 5.54. The summed E-state index contributed by atoms with van der Waals surface area (Å²) in [7, 11) is 0. The van der Waals surface area contributed by atoms with Gasteiger partial charge in [-0.1, -0.05) is 19.9 Å². The molecule has 4 nitrogen and oxygen atoms in total. The minimum atomic E-state index is -0.695. The maximum absolute atomic E-state index is 11.9. The van der Waals surface area contributed by atoms with E-state index in [0.717, 1.165) is 5.69 Å². The van der Waals surface area contributed by atoms with Gasteiger partial charge in [-0.2, -0.15) is 0 Å². The van der Waals surface area contributed by atoms with Gasteiger partial charge in [0, 0.05) is 11.9 Å². The molecule has 17 heavy (non-hydrogen) atoms. The largest absolute Gasteiger partial charge is 0.386 e. The van der Waals surface area contributed by atoms with E-state index in [-0.39, 0.29) is 11.8 Å². The number of hydrogen-bond donors (Lipinski definition) is 1.